The van der Waals surface area contributed by atoms with Gasteiger partial charge in [-0.25, -0.2) is 0 Å². The Kier molecular flexibility index (Phi) is 3.21. The van der Waals surface area contributed by atoms with Gasteiger partial charge in [0.2, 0.25) is 5.91 Å². The van der Waals surface area contributed by atoms with Gasteiger partial charge in [0.05, 0.1) is 13.1 Å². The fourth-order valence-electron chi connectivity index (χ4n) is 2.83. The third-order valence-corrected chi connectivity index (χ3v) is 4.46. The largest absolute Gasteiger partial charge is 0.386 e. The first-order valence-electron chi connectivity index (χ1n) is 6.64. The van der Waals surface area contributed by atoms with Crippen LogP contribution in [0, 0.1) is 5.92 Å². The Labute approximate surface area is 103 Å². The van der Waals surface area contributed by atoms with E-state index in [9.17, 15) is 9.90 Å². The molecule has 0 aromatic carbocycles. The predicted octanol–water partition coefficient (Wildman–Crippen LogP) is 0.877. The summed E-state index contributed by atoms with van der Waals surface area (Å²) in [5, 5.41) is 10.1. The minimum atomic E-state index is -0.674. The summed E-state index contributed by atoms with van der Waals surface area (Å²) < 4.78 is 0. The molecule has 1 amide bonds. The fourth-order valence-corrected chi connectivity index (χ4v) is 2.83. The van der Waals surface area contributed by atoms with Gasteiger partial charge in [0.15, 0.2) is 0 Å². The standard InChI is InChI=1S/C13H24N2O2/c1-10(2)13(17)8-15(9-13)11(16)7-12(14)5-3-4-6-12/h10,17H,3-9,14H2,1-2H3. The van der Waals surface area contributed by atoms with Gasteiger partial charge in [0, 0.05) is 12.0 Å². The quantitative estimate of drug-likeness (QED) is 0.769. The van der Waals surface area contributed by atoms with Gasteiger partial charge >= 0.3 is 0 Å². The molecule has 1 aliphatic carbocycles. The van der Waals surface area contributed by atoms with Gasteiger partial charge in [-0.1, -0.05) is 26.7 Å². The zero-order chi connectivity index (χ0) is 12.7. The number of rotatable bonds is 3. The number of nitrogens with zero attached hydrogens (tertiary/aromatic N) is 1. The van der Waals surface area contributed by atoms with Gasteiger partial charge in [0.25, 0.3) is 0 Å². The SMILES string of the molecule is CC(C)C1(O)CN(C(=O)CC2(N)CCCC2)C1. The highest BCUT2D eigenvalue weighted by Crippen LogP contribution is 2.33. The summed E-state index contributed by atoms with van der Waals surface area (Å²) in [7, 11) is 0. The summed E-state index contributed by atoms with van der Waals surface area (Å²) in [4.78, 5) is 13.8. The molecule has 98 valence electrons. The van der Waals surface area contributed by atoms with Crippen molar-refractivity contribution in [2.75, 3.05) is 13.1 Å². The van der Waals surface area contributed by atoms with E-state index in [-0.39, 0.29) is 17.4 Å². The lowest BCUT2D eigenvalue weighted by atomic mass is 9.82. The molecule has 1 aliphatic heterocycles. The number of nitrogens with two attached hydrogens (primary N) is 1. The molecule has 0 aromatic heterocycles. The molecule has 1 heterocycles. The summed E-state index contributed by atoms with van der Waals surface area (Å²) >= 11 is 0. The molecule has 0 spiro atoms. The van der Waals surface area contributed by atoms with Gasteiger partial charge in [0.1, 0.15) is 5.60 Å². The Morgan fingerprint density at radius 2 is 1.88 bits per heavy atom. The molecule has 0 aromatic rings. The van der Waals surface area contributed by atoms with Crippen molar-refractivity contribution >= 4 is 5.91 Å². The van der Waals surface area contributed by atoms with Crippen LogP contribution in [0.4, 0.5) is 0 Å². The third-order valence-electron chi connectivity index (χ3n) is 4.46. The van der Waals surface area contributed by atoms with Crippen molar-refractivity contribution in [2.45, 2.75) is 57.1 Å². The second-order valence-electron chi connectivity index (χ2n) is 6.25. The second kappa shape index (κ2) is 4.25. The molecule has 17 heavy (non-hydrogen) atoms. The molecule has 4 heteroatoms. The summed E-state index contributed by atoms with van der Waals surface area (Å²) in [6, 6.07) is 0. The first-order chi connectivity index (χ1) is 7.85. The number of carbonyl (C=O) groups excluding carboxylic acids is 1. The monoisotopic (exact) mass is 240 g/mol. The number of β-amino-alcohol motifs (C(OH)–C–C–N with tert-alkyl or cyclic N) is 1. The summed E-state index contributed by atoms with van der Waals surface area (Å²) in [6.45, 7) is 4.92. The molecule has 0 unspecified atom stereocenters. The average Bonchev–Trinajstić information content (AvgIpc) is 2.59. The highest BCUT2D eigenvalue weighted by atomic mass is 16.3. The highest BCUT2D eigenvalue weighted by Gasteiger charge is 2.46. The van der Waals surface area contributed by atoms with Crippen LogP contribution in [0.1, 0.15) is 46.0 Å². The van der Waals surface area contributed by atoms with Crippen LogP contribution in [0.25, 0.3) is 0 Å². The lowest BCUT2D eigenvalue weighted by Crippen LogP contribution is -2.66. The zero-order valence-electron chi connectivity index (χ0n) is 10.9. The topological polar surface area (TPSA) is 66.6 Å². The smallest absolute Gasteiger partial charge is 0.224 e. The molecular weight excluding hydrogens is 216 g/mol. The van der Waals surface area contributed by atoms with E-state index < -0.39 is 5.60 Å². The van der Waals surface area contributed by atoms with Crippen LogP contribution in [-0.2, 0) is 4.79 Å². The fraction of sp³-hybridized carbons (Fsp3) is 0.923. The molecule has 1 saturated carbocycles. The average molecular weight is 240 g/mol. The second-order valence-corrected chi connectivity index (χ2v) is 6.25. The maximum Gasteiger partial charge on any atom is 0.224 e. The van der Waals surface area contributed by atoms with Crippen LogP contribution < -0.4 is 5.73 Å². The van der Waals surface area contributed by atoms with E-state index in [0.717, 1.165) is 25.7 Å². The van der Waals surface area contributed by atoms with Gasteiger partial charge in [-0.15, -0.1) is 0 Å². The van der Waals surface area contributed by atoms with Gasteiger partial charge < -0.3 is 15.7 Å². The normalized spacial score (nSPS) is 26.1. The van der Waals surface area contributed by atoms with Gasteiger partial charge in [-0.3, -0.25) is 4.79 Å². The van der Waals surface area contributed by atoms with Crippen LogP contribution in [0.3, 0.4) is 0 Å². The van der Waals surface area contributed by atoms with Crippen molar-refractivity contribution in [3.8, 4) is 0 Å². The Morgan fingerprint density at radius 1 is 1.35 bits per heavy atom. The number of hydrogen-bond donors (Lipinski definition) is 2. The maximum absolute atomic E-state index is 12.0. The van der Waals surface area contributed by atoms with Gasteiger partial charge in [-0.05, 0) is 18.8 Å². The lowest BCUT2D eigenvalue weighted by molar-refractivity contribution is -0.164. The first-order valence-corrected chi connectivity index (χ1v) is 6.64. The molecule has 1 saturated heterocycles. The van der Waals surface area contributed by atoms with E-state index in [2.05, 4.69) is 0 Å². The Hall–Kier alpha value is -0.610. The molecule has 2 rings (SSSR count). The van der Waals surface area contributed by atoms with Crippen molar-refractivity contribution in [2.24, 2.45) is 11.7 Å². The van der Waals surface area contributed by atoms with Crippen molar-refractivity contribution in [1.82, 2.24) is 4.90 Å². The van der Waals surface area contributed by atoms with Crippen LogP contribution in [0.15, 0.2) is 0 Å². The van der Waals surface area contributed by atoms with Crippen LogP contribution in [0.5, 0.6) is 0 Å². The number of aliphatic hydroxyl groups is 1. The van der Waals surface area contributed by atoms with E-state index in [0.29, 0.717) is 19.5 Å². The van der Waals surface area contributed by atoms with E-state index in [1.165, 1.54) is 0 Å². The zero-order valence-corrected chi connectivity index (χ0v) is 10.9. The van der Waals surface area contributed by atoms with E-state index in [1.54, 1.807) is 4.90 Å². The van der Waals surface area contributed by atoms with E-state index in [4.69, 9.17) is 5.73 Å². The number of likely N-dealkylation sites (tertiary alicyclic amines) is 1. The van der Waals surface area contributed by atoms with Crippen LogP contribution >= 0.6 is 0 Å². The Balaban J connectivity index is 1.83. The van der Waals surface area contributed by atoms with Crippen molar-refractivity contribution in [1.29, 1.82) is 0 Å². The van der Waals surface area contributed by atoms with Gasteiger partial charge in [-0.2, -0.15) is 0 Å². The molecule has 0 radical (unpaired) electrons. The number of carbonyl (C=O) groups is 1. The minimum Gasteiger partial charge on any atom is -0.386 e. The lowest BCUT2D eigenvalue weighted by Gasteiger charge is -2.49. The molecule has 0 bridgehead atoms. The summed E-state index contributed by atoms with van der Waals surface area (Å²) in [5.41, 5.74) is 5.25. The maximum atomic E-state index is 12.0. The highest BCUT2D eigenvalue weighted by molar-refractivity contribution is 5.78. The van der Waals surface area contributed by atoms with Crippen LogP contribution in [-0.4, -0.2) is 40.1 Å². The van der Waals surface area contributed by atoms with E-state index in [1.807, 2.05) is 13.8 Å². The Morgan fingerprint density at radius 3 is 2.35 bits per heavy atom. The third kappa shape index (κ3) is 2.47. The molecule has 2 aliphatic rings. The molecular formula is C13H24N2O2. The summed E-state index contributed by atoms with van der Waals surface area (Å²) in [5.74, 6) is 0.310. The molecule has 2 fully saturated rings. The minimum absolute atomic E-state index is 0.111. The van der Waals surface area contributed by atoms with Crippen molar-refractivity contribution < 1.29 is 9.90 Å². The predicted molar refractivity (Wildman–Crippen MR) is 66.4 cm³/mol. The first kappa shape index (κ1) is 12.8. The van der Waals surface area contributed by atoms with E-state index >= 15 is 0 Å². The Bertz CT molecular complexity index is 303. The number of amides is 1. The van der Waals surface area contributed by atoms with Crippen LogP contribution in [0.2, 0.25) is 0 Å². The summed E-state index contributed by atoms with van der Waals surface area (Å²) in [6.07, 6.45) is 4.64. The van der Waals surface area contributed by atoms with Crippen molar-refractivity contribution in [3.63, 3.8) is 0 Å². The molecule has 4 nitrogen and oxygen atoms in total. The molecule has 3 N–H and O–H groups in total. The van der Waals surface area contributed by atoms with Crippen molar-refractivity contribution in [3.05, 3.63) is 0 Å². The number of hydrogen-bond acceptors (Lipinski definition) is 3. The molecule has 0 atom stereocenters.